The second-order valence-electron chi connectivity index (χ2n) is 7.97. The van der Waals surface area contributed by atoms with E-state index < -0.39 is 11.8 Å². The number of benzene rings is 3. The van der Waals surface area contributed by atoms with E-state index >= 15 is 0 Å². The summed E-state index contributed by atoms with van der Waals surface area (Å²) in [5.41, 5.74) is 2.54. The normalized spacial score (nSPS) is 13.3. The maximum atomic E-state index is 14.9. The monoisotopic (exact) mass is 462 g/mol. The molecule has 0 atom stereocenters. The SMILES string of the molecule is CCOC(=O)c1ccc(-n2nc(C(=O)c3c(Cl)cccc3C3CC3)c3cccc(F)c32)cc1. The minimum atomic E-state index is -0.505. The Morgan fingerprint density at radius 2 is 1.82 bits per heavy atom. The predicted octanol–water partition coefficient (Wildman–Crippen LogP) is 6.10. The van der Waals surface area contributed by atoms with Crippen molar-refractivity contribution in [3.63, 3.8) is 0 Å². The van der Waals surface area contributed by atoms with Crippen molar-refractivity contribution in [2.75, 3.05) is 6.61 Å². The van der Waals surface area contributed by atoms with Crippen LogP contribution in [-0.4, -0.2) is 28.1 Å². The highest BCUT2D eigenvalue weighted by Crippen LogP contribution is 2.44. The summed E-state index contributed by atoms with van der Waals surface area (Å²) in [5, 5.41) is 5.28. The Labute approximate surface area is 194 Å². The van der Waals surface area contributed by atoms with Gasteiger partial charge in [0.05, 0.1) is 22.9 Å². The third kappa shape index (κ3) is 3.80. The Balaban J connectivity index is 1.64. The van der Waals surface area contributed by atoms with Gasteiger partial charge in [-0.15, -0.1) is 0 Å². The lowest BCUT2D eigenvalue weighted by molar-refractivity contribution is 0.0526. The van der Waals surface area contributed by atoms with E-state index in [-0.39, 0.29) is 23.6 Å². The topological polar surface area (TPSA) is 61.2 Å². The van der Waals surface area contributed by atoms with Gasteiger partial charge in [-0.25, -0.2) is 13.9 Å². The molecule has 0 saturated heterocycles. The Morgan fingerprint density at radius 3 is 2.52 bits per heavy atom. The molecule has 1 heterocycles. The molecule has 166 valence electrons. The van der Waals surface area contributed by atoms with Crippen molar-refractivity contribution < 1.29 is 18.7 Å². The molecule has 0 spiro atoms. The van der Waals surface area contributed by atoms with Gasteiger partial charge in [0.1, 0.15) is 17.0 Å². The van der Waals surface area contributed by atoms with Crippen molar-refractivity contribution in [2.45, 2.75) is 25.7 Å². The summed E-state index contributed by atoms with van der Waals surface area (Å²) in [7, 11) is 0. The minimum Gasteiger partial charge on any atom is -0.462 e. The second-order valence-corrected chi connectivity index (χ2v) is 8.38. The molecule has 0 radical (unpaired) electrons. The highest BCUT2D eigenvalue weighted by molar-refractivity contribution is 6.35. The number of aromatic nitrogens is 2. The number of fused-ring (bicyclic) bond motifs is 1. The van der Waals surface area contributed by atoms with Gasteiger partial charge in [0.25, 0.3) is 0 Å². The number of hydrogen-bond acceptors (Lipinski definition) is 4. The van der Waals surface area contributed by atoms with E-state index in [1.165, 1.54) is 10.7 Å². The van der Waals surface area contributed by atoms with Gasteiger partial charge in [0.2, 0.25) is 5.78 Å². The number of esters is 1. The van der Waals surface area contributed by atoms with E-state index in [4.69, 9.17) is 16.3 Å². The van der Waals surface area contributed by atoms with Crippen LogP contribution < -0.4 is 0 Å². The smallest absolute Gasteiger partial charge is 0.338 e. The van der Waals surface area contributed by atoms with Crippen molar-refractivity contribution in [3.05, 3.63) is 93.9 Å². The van der Waals surface area contributed by atoms with Gasteiger partial charge in [0.15, 0.2) is 0 Å². The molecule has 5 rings (SSSR count). The zero-order chi connectivity index (χ0) is 23.1. The second kappa shape index (κ2) is 8.45. The van der Waals surface area contributed by atoms with Crippen LogP contribution in [0.2, 0.25) is 5.02 Å². The lowest BCUT2D eigenvalue weighted by atomic mass is 9.97. The van der Waals surface area contributed by atoms with E-state index in [2.05, 4.69) is 5.10 Å². The fourth-order valence-electron chi connectivity index (χ4n) is 4.07. The number of nitrogens with zero attached hydrogens (tertiary/aromatic N) is 2. The van der Waals surface area contributed by atoms with Crippen molar-refractivity contribution >= 4 is 34.3 Å². The molecule has 5 nitrogen and oxygen atoms in total. The molecule has 0 bridgehead atoms. The highest BCUT2D eigenvalue weighted by Gasteiger charge is 2.31. The molecule has 1 fully saturated rings. The molecular weight excluding hydrogens is 443 g/mol. The third-order valence-corrected chi connectivity index (χ3v) is 6.10. The van der Waals surface area contributed by atoms with Crippen LogP contribution in [0.25, 0.3) is 16.6 Å². The van der Waals surface area contributed by atoms with Gasteiger partial charge in [-0.1, -0.05) is 35.9 Å². The summed E-state index contributed by atoms with van der Waals surface area (Å²) in [4.78, 5) is 25.6. The standard InChI is InChI=1S/C26H20ClFN2O3/c1-2-33-26(32)16-11-13-17(14-12-16)30-24-19(6-4-8-21(24)28)23(29-30)25(31)22-18(15-9-10-15)5-3-7-20(22)27/h3-8,11-15H,2,9-10H2,1H3. The number of rotatable bonds is 6. The molecule has 0 amide bonds. The van der Waals surface area contributed by atoms with Crippen molar-refractivity contribution in [1.29, 1.82) is 0 Å². The molecule has 0 unspecified atom stereocenters. The van der Waals surface area contributed by atoms with Crippen LogP contribution in [0, 0.1) is 5.82 Å². The maximum absolute atomic E-state index is 14.9. The first-order chi connectivity index (χ1) is 16.0. The minimum absolute atomic E-state index is 0.133. The number of hydrogen-bond donors (Lipinski definition) is 0. The Kier molecular flexibility index (Phi) is 5.46. The van der Waals surface area contributed by atoms with Crippen LogP contribution in [0.4, 0.5) is 4.39 Å². The number of carbonyl (C=O) groups excluding carboxylic acids is 2. The zero-order valence-electron chi connectivity index (χ0n) is 17.8. The average molecular weight is 463 g/mol. The lowest BCUT2D eigenvalue weighted by Gasteiger charge is -2.09. The number of ketones is 1. The Bertz CT molecular complexity index is 1390. The van der Waals surface area contributed by atoms with Crippen LogP contribution in [0.5, 0.6) is 0 Å². The molecule has 3 aromatic carbocycles. The summed E-state index contributed by atoms with van der Waals surface area (Å²) in [6.45, 7) is 2.00. The first-order valence-electron chi connectivity index (χ1n) is 10.8. The molecule has 0 aliphatic heterocycles. The Morgan fingerprint density at radius 1 is 1.09 bits per heavy atom. The molecule has 1 aliphatic carbocycles. The van der Waals surface area contributed by atoms with Gasteiger partial charge in [-0.05, 0) is 67.6 Å². The summed E-state index contributed by atoms with van der Waals surface area (Å²) in [5.74, 6) is -0.971. The molecule has 4 aromatic rings. The van der Waals surface area contributed by atoms with Crippen LogP contribution in [0.15, 0.2) is 60.7 Å². The summed E-state index contributed by atoms with van der Waals surface area (Å²) in [6.07, 6.45) is 2.02. The van der Waals surface area contributed by atoms with Crippen LogP contribution in [0.3, 0.4) is 0 Å². The fraction of sp³-hybridized carbons (Fsp3) is 0.192. The van der Waals surface area contributed by atoms with Crippen LogP contribution >= 0.6 is 11.6 Å². The quantitative estimate of drug-likeness (QED) is 0.256. The molecule has 1 aliphatic rings. The number of carbonyl (C=O) groups is 2. The molecule has 7 heteroatoms. The van der Waals surface area contributed by atoms with Crippen LogP contribution in [0.1, 0.15) is 57.7 Å². The number of para-hydroxylation sites is 1. The molecule has 33 heavy (non-hydrogen) atoms. The van der Waals surface area contributed by atoms with Gasteiger partial charge >= 0.3 is 5.97 Å². The number of ether oxygens (including phenoxy) is 1. The van der Waals surface area contributed by atoms with E-state index in [9.17, 15) is 14.0 Å². The Hall–Kier alpha value is -3.51. The molecular formula is C26H20ClFN2O3. The first kappa shape index (κ1) is 21.3. The van der Waals surface area contributed by atoms with Crippen molar-refractivity contribution in [3.8, 4) is 5.69 Å². The summed E-state index contributed by atoms with van der Waals surface area (Å²) in [6, 6.07) is 16.5. The van der Waals surface area contributed by atoms with E-state index in [1.54, 1.807) is 49.4 Å². The average Bonchev–Trinajstić information content (AvgIpc) is 3.59. The molecule has 1 aromatic heterocycles. The van der Waals surface area contributed by atoms with E-state index in [0.717, 1.165) is 18.4 Å². The molecule has 0 N–H and O–H groups in total. The summed E-state index contributed by atoms with van der Waals surface area (Å²) >= 11 is 6.45. The van der Waals surface area contributed by atoms with Gasteiger partial charge in [-0.2, -0.15) is 5.10 Å². The van der Waals surface area contributed by atoms with Gasteiger partial charge < -0.3 is 4.74 Å². The van der Waals surface area contributed by atoms with Gasteiger partial charge in [-0.3, -0.25) is 4.79 Å². The van der Waals surface area contributed by atoms with Crippen LogP contribution in [-0.2, 0) is 4.74 Å². The molecule has 1 saturated carbocycles. The van der Waals surface area contributed by atoms with Crippen molar-refractivity contribution in [2.24, 2.45) is 0 Å². The zero-order valence-corrected chi connectivity index (χ0v) is 18.6. The first-order valence-corrected chi connectivity index (χ1v) is 11.1. The van der Waals surface area contributed by atoms with E-state index in [0.29, 0.717) is 33.1 Å². The van der Waals surface area contributed by atoms with Crippen molar-refractivity contribution in [1.82, 2.24) is 9.78 Å². The predicted molar refractivity (Wildman–Crippen MR) is 124 cm³/mol. The fourth-order valence-corrected chi connectivity index (χ4v) is 4.33. The highest BCUT2D eigenvalue weighted by atomic mass is 35.5. The summed E-state index contributed by atoms with van der Waals surface area (Å²) < 4.78 is 21.3. The van der Waals surface area contributed by atoms with Gasteiger partial charge in [0, 0.05) is 10.9 Å². The van der Waals surface area contributed by atoms with E-state index in [1.807, 2.05) is 12.1 Å². The third-order valence-electron chi connectivity index (χ3n) is 5.78. The maximum Gasteiger partial charge on any atom is 0.338 e. The number of halogens is 2. The largest absolute Gasteiger partial charge is 0.462 e. The lowest BCUT2D eigenvalue weighted by Crippen LogP contribution is -2.08.